The van der Waals surface area contributed by atoms with Gasteiger partial charge in [-0.15, -0.1) is 0 Å². The molecule has 18 heavy (non-hydrogen) atoms. The summed E-state index contributed by atoms with van der Waals surface area (Å²) in [5.41, 5.74) is 0. The summed E-state index contributed by atoms with van der Waals surface area (Å²) in [6.45, 7) is 5.37. The molecule has 2 rings (SSSR count). The molecule has 1 aromatic heterocycles. The van der Waals surface area contributed by atoms with Gasteiger partial charge in [-0.2, -0.15) is 5.10 Å². The van der Waals surface area contributed by atoms with Crippen LogP contribution in [0.3, 0.4) is 0 Å². The Labute approximate surface area is 107 Å². The quantitative estimate of drug-likeness (QED) is 0.818. The third kappa shape index (κ3) is 3.07. The number of aryl methyl sites for hydroxylation is 1. The predicted molar refractivity (Wildman–Crippen MR) is 67.8 cm³/mol. The van der Waals surface area contributed by atoms with Crippen LogP contribution in [0.4, 0.5) is 0 Å². The number of rotatable bonds is 3. The van der Waals surface area contributed by atoms with Crippen LogP contribution in [0.1, 0.15) is 31.4 Å². The van der Waals surface area contributed by atoms with Gasteiger partial charge in [-0.05, 0) is 33.2 Å². The number of amides is 1. The fourth-order valence-electron chi connectivity index (χ4n) is 2.42. The van der Waals surface area contributed by atoms with E-state index in [4.69, 9.17) is 0 Å². The second-order valence-electron chi connectivity index (χ2n) is 5.11. The molecule has 2 heterocycles. The number of carbonyl (C=O) groups is 1. The van der Waals surface area contributed by atoms with Crippen LogP contribution >= 0.6 is 0 Å². The van der Waals surface area contributed by atoms with Gasteiger partial charge in [0.2, 0.25) is 5.91 Å². The summed E-state index contributed by atoms with van der Waals surface area (Å²) in [4.78, 5) is 18.2. The van der Waals surface area contributed by atoms with Crippen LogP contribution in [0.15, 0.2) is 0 Å². The Hall–Kier alpha value is -1.43. The summed E-state index contributed by atoms with van der Waals surface area (Å²) in [6, 6.07) is 0.423. The van der Waals surface area contributed by atoms with Crippen molar-refractivity contribution in [1.29, 1.82) is 0 Å². The second kappa shape index (κ2) is 5.48. The molecule has 100 valence electrons. The molecule has 0 aliphatic carbocycles. The molecule has 1 amide bonds. The van der Waals surface area contributed by atoms with Gasteiger partial charge in [0.15, 0.2) is 5.82 Å². The summed E-state index contributed by atoms with van der Waals surface area (Å²) < 4.78 is 0. The summed E-state index contributed by atoms with van der Waals surface area (Å²) in [5, 5.41) is 10.2. The van der Waals surface area contributed by atoms with Crippen molar-refractivity contribution < 1.29 is 4.79 Å². The van der Waals surface area contributed by atoms with E-state index < -0.39 is 0 Å². The highest BCUT2D eigenvalue weighted by Gasteiger charge is 2.27. The van der Waals surface area contributed by atoms with E-state index in [2.05, 4.69) is 27.4 Å². The molecule has 0 spiro atoms. The summed E-state index contributed by atoms with van der Waals surface area (Å²) >= 11 is 0. The third-order valence-corrected chi connectivity index (χ3v) is 3.37. The Kier molecular flexibility index (Phi) is 3.96. The lowest BCUT2D eigenvalue weighted by Gasteiger charge is -2.29. The third-order valence-electron chi connectivity index (χ3n) is 3.37. The van der Waals surface area contributed by atoms with Crippen molar-refractivity contribution in [3.05, 3.63) is 11.6 Å². The molecule has 1 saturated heterocycles. The number of hydrogen-bond donors (Lipinski definition) is 2. The van der Waals surface area contributed by atoms with Gasteiger partial charge in [0, 0.05) is 19.0 Å². The Morgan fingerprint density at radius 2 is 2.33 bits per heavy atom. The Balaban J connectivity index is 1.91. The highest BCUT2D eigenvalue weighted by Crippen LogP contribution is 2.18. The zero-order chi connectivity index (χ0) is 13.1. The first-order valence-electron chi connectivity index (χ1n) is 6.42. The first-order valence-corrected chi connectivity index (χ1v) is 6.42. The molecule has 1 aliphatic heterocycles. The second-order valence-corrected chi connectivity index (χ2v) is 5.11. The van der Waals surface area contributed by atoms with Crippen LogP contribution in [0.5, 0.6) is 0 Å². The molecule has 0 bridgehead atoms. The smallest absolute Gasteiger partial charge is 0.225 e. The maximum Gasteiger partial charge on any atom is 0.225 e. The number of H-pyrrole nitrogens is 1. The number of carbonyl (C=O) groups excluding carboxylic acids is 1. The van der Waals surface area contributed by atoms with Gasteiger partial charge in [0.1, 0.15) is 5.82 Å². The zero-order valence-corrected chi connectivity index (χ0v) is 11.2. The summed E-state index contributed by atoms with van der Waals surface area (Å²) in [5.74, 6) is 1.78. The minimum atomic E-state index is 0.131. The average Bonchev–Trinajstić information content (AvgIpc) is 2.73. The van der Waals surface area contributed by atoms with Crippen molar-refractivity contribution in [1.82, 2.24) is 25.4 Å². The molecule has 1 aliphatic rings. The number of aromatic amines is 1. The Bertz CT molecular complexity index is 416. The molecule has 1 aromatic rings. The van der Waals surface area contributed by atoms with E-state index in [0.717, 1.165) is 25.2 Å². The number of piperidine rings is 1. The van der Waals surface area contributed by atoms with Crippen LogP contribution in [0.2, 0.25) is 0 Å². The minimum Gasteiger partial charge on any atom is -0.338 e. The molecule has 0 saturated carbocycles. The fourth-order valence-corrected chi connectivity index (χ4v) is 2.42. The summed E-state index contributed by atoms with van der Waals surface area (Å²) in [7, 11) is 1.82. The van der Waals surface area contributed by atoms with Crippen molar-refractivity contribution in [2.45, 2.75) is 39.3 Å². The monoisotopic (exact) mass is 251 g/mol. The lowest BCUT2D eigenvalue weighted by molar-refractivity contribution is -0.136. The molecule has 0 aromatic carbocycles. The van der Waals surface area contributed by atoms with Gasteiger partial charge in [-0.25, -0.2) is 4.98 Å². The number of nitrogens with one attached hydrogen (secondary N) is 2. The average molecular weight is 251 g/mol. The van der Waals surface area contributed by atoms with E-state index in [9.17, 15) is 4.79 Å². The lowest BCUT2D eigenvalue weighted by Crippen LogP contribution is -2.42. The SMILES string of the molecule is Cc1nc(CN(C)C(=O)C2CCNC(C)C2)n[nH]1. The van der Waals surface area contributed by atoms with Gasteiger partial charge < -0.3 is 10.2 Å². The van der Waals surface area contributed by atoms with Crippen LogP contribution in [-0.2, 0) is 11.3 Å². The number of nitrogens with zero attached hydrogens (tertiary/aromatic N) is 3. The van der Waals surface area contributed by atoms with E-state index in [1.807, 2.05) is 14.0 Å². The van der Waals surface area contributed by atoms with Gasteiger partial charge in [0.05, 0.1) is 6.54 Å². The van der Waals surface area contributed by atoms with Crippen molar-refractivity contribution >= 4 is 5.91 Å². The molecule has 2 atom stereocenters. The van der Waals surface area contributed by atoms with E-state index in [-0.39, 0.29) is 11.8 Å². The first kappa shape index (κ1) is 13.0. The van der Waals surface area contributed by atoms with E-state index in [1.165, 1.54) is 0 Å². The van der Waals surface area contributed by atoms with Crippen LogP contribution < -0.4 is 5.32 Å². The van der Waals surface area contributed by atoms with E-state index in [1.54, 1.807) is 4.90 Å². The molecule has 6 nitrogen and oxygen atoms in total. The van der Waals surface area contributed by atoms with Crippen LogP contribution in [0.25, 0.3) is 0 Å². The zero-order valence-electron chi connectivity index (χ0n) is 11.2. The van der Waals surface area contributed by atoms with Crippen molar-refractivity contribution in [3.63, 3.8) is 0 Å². The molecular formula is C12H21N5O. The number of aromatic nitrogens is 3. The van der Waals surface area contributed by atoms with Crippen molar-refractivity contribution in [2.24, 2.45) is 5.92 Å². The first-order chi connectivity index (χ1) is 8.56. The maximum atomic E-state index is 12.3. The van der Waals surface area contributed by atoms with E-state index in [0.29, 0.717) is 18.4 Å². The highest BCUT2D eigenvalue weighted by atomic mass is 16.2. The molecule has 2 N–H and O–H groups in total. The predicted octanol–water partition coefficient (Wildman–Crippen LogP) is 0.460. The van der Waals surface area contributed by atoms with Crippen LogP contribution in [-0.4, -0.2) is 45.6 Å². The highest BCUT2D eigenvalue weighted by molar-refractivity contribution is 5.78. The minimum absolute atomic E-state index is 0.131. The molecule has 0 radical (unpaired) electrons. The van der Waals surface area contributed by atoms with Crippen molar-refractivity contribution in [3.8, 4) is 0 Å². The molecule has 1 fully saturated rings. The van der Waals surface area contributed by atoms with E-state index >= 15 is 0 Å². The van der Waals surface area contributed by atoms with Gasteiger partial charge >= 0.3 is 0 Å². The van der Waals surface area contributed by atoms with Crippen molar-refractivity contribution in [2.75, 3.05) is 13.6 Å². The Morgan fingerprint density at radius 1 is 1.56 bits per heavy atom. The Morgan fingerprint density at radius 3 is 2.94 bits per heavy atom. The molecule has 6 heteroatoms. The normalized spacial score (nSPS) is 23.9. The van der Waals surface area contributed by atoms with Gasteiger partial charge in [0.25, 0.3) is 0 Å². The fraction of sp³-hybridized carbons (Fsp3) is 0.750. The standard InChI is InChI=1S/C12H21N5O/c1-8-6-10(4-5-13-8)12(18)17(3)7-11-14-9(2)15-16-11/h8,10,13H,4-7H2,1-3H3,(H,14,15,16). The summed E-state index contributed by atoms with van der Waals surface area (Å²) in [6.07, 6.45) is 1.83. The lowest BCUT2D eigenvalue weighted by atomic mass is 9.92. The maximum absolute atomic E-state index is 12.3. The molecular weight excluding hydrogens is 230 g/mol. The molecule has 2 unspecified atom stereocenters. The van der Waals surface area contributed by atoms with Gasteiger partial charge in [-0.3, -0.25) is 9.89 Å². The largest absolute Gasteiger partial charge is 0.338 e. The van der Waals surface area contributed by atoms with Gasteiger partial charge in [-0.1, -0.05) is 0 Å². The topological polar surface area (TPSA) is 73.9 Å². The number of hydrogen-bond acceptors (Lipinski definition) is 4. The van der Waals surface area contributed by atoms with Crippen LogP contribution in [0, 0.1) is 12.8 Å².